The van der Waals surface area contributed by atoms with E-state index in [1.54, 1.807) is 0 Å². The van der Waals surface area contributed by atoms with E-state index in [1.807, 2.05) is 13.8 Å². The van der Waals surface area contributed by atoms with E-state index in [-0.39, 0.29) is 23.7 Å². The molecule has 0 bridgehead atoms. The van der Waals surface area contributed by atoms with Gasteiger partial charge in [0, 0.05) is 6.54 Å². The van der Waals surface area contributed by atoms with Crippen LogP contribution in [0.4, 0.5) is 4.79 Å². The summed E-state index contributed by atoms with van der Waals surface area (Å²) in [4.78, 5) is 76.9. The highest BCUT2D eigenvalue weighted by Gasteiger charge is 2.47. The van der Waals surface area contributed by atoms with Crippen LogP contribution in [-0.2, 0) is 24.0 Å². The van der Waals surface area contributed by atoms with E-state index < -0.39 is 60.2 Å². The lowest BCUT2D eigenvalue weighted by Crippen LogP contribution is -2.60. The van der Waals surface area contributed by atoms with Crippen molar-refractivity contribution >= 4 is 35.5 Å². The molecule has 1 aliphatic heterocycles. The lowest BCUT2D eigenvalue weighted by molar-refractivity contribution is -0.144. The third kappa shape index (κ3) is 7.92. The Balaban J connectivity index is 1.83. The molecule has 4 atom stereocenters. The van der Waals surface area contributed by atoms with Crippen LogP contribution in [0.5, 0.6) is 0 Å². The number of carboxylic acid groups (broad SMARTS) is 1. The predicted octanol–water partition coefficient (Wildman–Crippen LogP) is 0.922. The van der Waals surface area contributed by atoms with Crippen LogP contribution in [-0.4, -0.2) is 76.7 Å². The van der Waals surface area contributed by atoms with Crippen LogP contribution in [0.15, 0.2) is 0 Å². The summed E-state index contributed by atoms with van der Waals surface area (Å²) >= 11 is 0. The molecular weight excluding hydrogens is 506 g/mol. The minimum absolute atomic E-state index is 0.0513. The Morgan fingerprint density at radius 1 is 0.923 bits per heavy atom. The van der Waals surface area contributed by atoms with Gasteiger partial charge in [0.25, 0.3) is 5.91 Å². The summed E-state index contributed by atoms with van der Waals surface area (Å²) in [6, 6.07) is -3.59. The molecule has 6 N–H and O–H groups in total. The first-order valence-electron chi connectivity index (χ1n) is 14.2. The van der Waals surface area contributed by atoms with E-state index in [4.69, 9.17) is 10.8 Å². The molecule has 3 fully saturated rings. The fourth-order valence-electron chi connectivity index (χ4n) is 6.20. The molecule has 3 rings (SSSR count). The Labute approximate surface area is 229 Å². The van der Waals surface area contributed by atoms with Crippen LogP contribution < -0.4 is 21.7 Å². The molecule has 0 aromatic rings. The summed E-state index contributed by atoms with van der Waals surface area (Å²) in [5.74, 6) is -4.11. The van der Waals surface area contributed by atoms with Crippen molar-refractivity contribution in [3.63, 3.8) is 0 Å². The number of carbonyl (C=O) groups is 6. The normalized spacial score (nSPS) is 23.4. The maximum absolute atomic E-state index is 14.0. The largest absolute Gasteiger partial charge is 0.480 e. The van der Waals surface area contributed by atoms with E-state index >= 15 is 0 Å². The minimum atomic E-state index is -1.20. The van der Waals surface area contributed by atoms with Gasteiger partial charge in [-0.25, -0.2) is 4.79 Å². The van der Waals surface area contributed by atoms with Gasteiger partial charge in [0.1, 0.15) is 18.6 Å². The van der Waals surface area contributed by atoms with Crippen molar-refractivity contribution in [3.8, 4) is 0 Å². The molecule has 2 aliphatic carbocycles. The molecule has 0 aromatic heterocycles. The lowest BCUT2D eigenvalue weighted by atomic mass is 9.80. The second-order valence-corrected chi connectivity index (χ2v) is 11.6. The standard InChI is InChI=1S/C27H43N5O7/c1-15(2)18-11-12-32(22(18)25(37)30-19(23(35)24(28)36)13-16-7-6-8-16)26(38)21(17-9-4-3-5-10-17)31-27(39)29-14-20(33)34/h15-19,21-22H,3-14H2,1-2H3,(H2,28,36)(H,30,37)(H,33,34)(H2,29,31,39)/t18-,19?,21+,22+/m1/s1. The average molecular weight is 550 g/mol. The van der Waals surface area contributed by atoms with Crippen molar-refractivity contribution in [2.45, 2.75) is 96.2 Å². The Kier molecular flexibility index (Phi) is 10.7. The average Bonchev–Trinajstić information content (AvgIpc) is 3.32. The highest BCUT2D eigenvalue weighted by Crippen LogP contribution is 2.35. The molecule has 0 radical (unpaired) electrons. The number of primary amides is 1. The van der Waals surface area contributed by atoms with E-state index in [2.05, 4.69) is 16.0 Å². The molecule has 39 heavy (non-hydrogen) atoms. The molecule has 12 nitrogen and oxygen atoms in total. The first-order valence-corrected chi connectivity index (χ1v) is 14.2. The van der Waals surface area contributed by atoms with Crippen LogP contribution in [0.25, 0.3) is 0 Å². The SMILES string of the molecule is CC(C)[C@H]1CCN(C(=O)[C@@H](NC(=O)NCC(=O)O)C2CCCCC2)[C@@H]1C(=O)NC(CC1CCC1)C(=O)C(N)=O. The topological polar surface area (TPSA) is 188 Å². The zero-order valence-corrected chi connectivity index (χ0v) is 22.9. The number of nitrogens with two attached hydrogens (primary N) is 1. The minimum Gasteiger partial charge on any atom is -0.480 e. The number of aliphatic carboxylic acids is 1. The van der Waals surface area contributed by atoms with Gasteiger partial charge in [0.2, 0.25) is 17.6 Å². The zero-order valence-electron chi connectivity index (χ0n) is 22.9. The summed E-state index contributed by atoms with van der Waals surface area (Å²) in [5, 5.41) is 16.6. The first kappa shape index (κ1) is 30.4. The van der Waals surface area contributed by atoms with Crippen LogP contribution in [0.2, 0.25) is 0 Å². The number of hydrogen-bond donors (Lipinski definition) is 5. The molecule has 1 unspecified atom stereocenters. The number of nitrogens with one attached hydrogen (secondary N) is 3. The van der Waals surface area contributed by atoms with Gasteiger partial charge in [-0.2, -0.15) is 0 Å². The lowest BCUT2D eigenvalue weighted by Gasteiger charge is -2.36. The number of urea groups is 1. The molecule has 2 saturated carbocycles. The van der Waals surface area contributed by atoms with Crippen LogP contribution in [0, 0.1) is 23.7 Å². The maximum atomic E-state index is 14.0. The molecular formula is C27H43N5O7. The van der Waals surface area contributed by atoms with Crippen molar-refractivity contribution in [2.24, 2.45) is 29.4 Å². The molecule has 1 heterocycles. The van der Waals surface area contributed by atoms with E-state index in [0.29, 0.717) is 19.4 Å². The van der Waals surface area contributed by atoms with Crippen molar-refractivity contribution in [1.29, 1.82) is 0 Å². The van der Waals surface area contributed by atoms with Gasteiger partial charge in [0.15, 0.2) is 0 Å². The van der Waals surface area contributed by atoms with Gasteiger partial charge in [-0.3, -0.25) is 24.0 Å². The van der Waals surface area contributed by atoms with E-state index in [0.717, 1.165) is 51.4 Å². The highest BCUT2D eigenvalue weighted by atomic mass is 16.4. The van der Waals surface area contributed by atoms with Crippen LogP contribution in [0.1, 0.15) is 78.1 Å². The Bertz CT molecular complexity index is 945. The van der Waals surface area contributed by atoms with Crippen LogP contribution >= 0.6 is 0 Å². The Morgan fingerprint density at radius 2 is 1.59 bits per heavy atom. The number of Topliss-reactive ketones (excluding diaryl/α,β-unsaturated/α-hetero) is 1. The van der Waals surface area contributed by atoms with Crippen molar-refractivity contribution in [2.75, 3.05) is 13.1 Å². The van der Waals surface area contributed by atoms with E-state index in [9.17, 15) is 28.8 Å². The van der Waals surface area contributed by atoms with Gasteiger partial charge in [-0.05, 0) is 49.4 Å². The number of carboxylic acids is 1. The molecule has 0 aromatic carbocycles. The zero-order chi connectivity index (χ0) is 28.7. The molecule has 0 spiro atoms. The van der Waals surface area contributed by atoms with Crippen molar-refractivity contribution in [3.05, 3.63) is 0 Å². The molecule has 12 heteroatoms. The fraction of sp³-hybridized carbons (Fsp3) is 0.778. The molecule has 5 amide bonds. The number of nitrogens with zero attached hydrogens (tertiary/aromatic N) is 1. The molecule has 218 valence electrons. The van der Waals surface area contributed by atoms with Gasteiger partial charge < -0.3 is 31.7 Å². The van der Waals surface area contributed by atoms with Crippen molar-refractivity contribution < 1.29 is 33.9 Å². The summed E-state index contributed by atoms with van der Waals surface area (Å²) in [6.07, 6.45) is 8.06. The maximum Gasteiger partial charge on any atom is 0.323 e. The number of ketones is 1. The summed E-state index contributed by atoms with van der Waals surface area (Å²) < 4.78 is 0. The van der Waals surface area contributed by atoms with Gasteiger partial charge >= 0.3 is 12.0 Å². The monoisotopic (exact) mass is 549 g/mol. The summed E-state index contributed by atoms with van der Waals surface area (Å²) in [5.41, 5.74) is 5.28. The van der Waals surface area contributed by atoms with Crippen LogP contribution in [0.3, 0.4) is 0 Å². The number of rotatable bonds is 12. The smallest absolute Gasteiger partial charge is 0.323 e. The van der Waals surface area contributed by atoms with Crippen molar-refractivity contribution in [1.82, 2.24) is 20.9 Å². The fourth-order valence-corrected chi connectivity index (χ4v) is 6.20. The third-order valence-electron chi connectivity index (χ3n) is 8.60. The highest BCUT2D eigenvalue weighted by molar-refractivity contribution is 6.37. The number of hydrogen-bond acceptors (Lipinski definition) is 6. The Morgan fingerprint density at radius 3 is 2.13 bits per heavy atom. The number of carbonyl (C=O) groups excluding carboxylic acids is 5. The number of amides is 5. The first-order chi connectivity index (χ1) is 18.5. The second-order valence-electron chi connectivity index (χ2n) is 11.6. The number of likely N-dealkylation sites (tertiary alicyclic amines) is 1. The quantitative estimate of drug-likeness (QED) is 0.224. The Hall–Kier alpha value is -3.18. The second kappa shape index (κ2) is 13.7. The third-order valence-corrected chi connectivity index (χ3v) is 8.60. The molecule has 1 saturated heterocycles. The summed E-state index contributed by atoms with van der Waals surface area (Å²) in [6.45, 7) is 3.65. The van der Waals surface area contributed by atoms with Gasteiger partial charge in [0.05, 0.1) is 6.04 Å². The predicted molar refractivity (Wildman–Crippen MR) is 141 cm³/mol. The summed E-state index contributed by atoms with van der Waals surface area (Å²) in [7, 11) is 0. The van der Waals surface area contributed by atoms with E-state index in [1.165, 1.54) is 4.90 Å². The van der Waals surface area contributed by atoms with Gasteiger partial charge in [-0.1, -0.05) is 52.4 Å². The molecule has 3 aliphatic rings. The van der Waals surface area contributed by atoms with Gasteiger partial charge in [-0.15, -0.1) is 0 Å².